The van der Waals surface area contributed by atoms with Crippen LogP contribution in [0.15, 0.2) is 18.5 Å². The first kappa shape index (κ1) is 15.8. The van der Waals surface area contributed by atoms with E-state index in [1.54, 1.807) is 0 Å². The highest BCUT2D eigenvalue weighted by Crippen LogP contribution is 2.29. The predicted molar refractivity (Wildman–Crippen MR) is 53.3 cm³/mol. The molecule has 1 aromatic heterocycles. The maximum Gasteiger partial charge on any atom is 0.417 e. The third-order valence-electron chi connectivity index (χ3n) is 1.35. The van der Waals surface area contributed by atoms with Gasteiger partial charge >= 0.3 is 6.18 Å². The number of hydrogen-bond donors (Lipinski definition) is 1. The summed E-state index contributed by atoms with van der Waals surface area (Å²) in [6, 6.07) is 1.01. The lowest BCUT2D eigenvalue weighted by atomic mass is 10.2. The van der Waals surface area contributed by atoms with E-state index < -0.39 is 11.7 Å². The molecule has 0 aliphatic rings. The molecule has 1 aromatic rings. The molecule has 0 spiro atoms. The standard InChI is InChI=1S/C7H7F3N2.2ClH/c1-11-6-2-5(3-12-4-6)7(8,9)10;;/h2-4,11H,1H3;2*1H. The molecule has 82 valence electrons. The third kappa shape index (κ3) is 4.02. The fourth-order valence-electron chi connectivity index (χ4n) is 0.732. The summed E-state index contributed by atoms with van der Waals surface area (Å²) in [4.78, 5) is 3.44. The Labute approximate surface area is 91.7 Å². The summed E-state index contributed by atoms with van der Waals surface area (Å²) in [5.74, 6) is 0. The van der Waals surface area contributed by atoms with E-state index in [2.05, 4.69) is 10.3 Å². The first-order valence-corrected chi connectivity index (χ1v) is 3.24. The molecule has 0 saturated carbocycles. The van der Waals surface area contributed by atoms with E-state index >= 15 is 0 Å². The molecule has 1 N–H and O–H groups in total. The topological polar surface area (TPSA) is 24.9 Å². The van der Waals surface area contributed by atoms with E-state index in [1.807, 2.05) is 0 Å². The molecule has 0 fully saturated rings. The van der Waals surface area contributed by atoms with Gasteiger partial charge in [0, 0.05) is 19.4 Å². The van der Waals surface area contributed by atoms with Crippen molar-refractivity contribution in [1.82, 2.24) is 4.98 Å². The van der Waals surface area contributed by atoms with Crippen LogP contribution in [0.1, 0.15) is 5.56 Å². The summed E-state index contributed by atoms with van der Waals surface area (Å²) >= 11 is 0. The van der Waals surface area contributed by atoms with Crippen molar-refractivity contribution in [1.29, 1.82) is 0 Å². The molecule has 0 aromatic carbocycles. The largest absolute Gasteiger partial charge is 0.417 e. The molecule has 0 aliphatic carbocycles. The Morgan fingerprint density at radius 1 is 1.21 bits per heavy atom. The number of nitrogens with zero attached hydrogens (tertiary/aromatic N) is 1. The number of rotatable bonds is 1. The highest BCUT2D eigenvalue weighted by atomic mass is 35.5. The molecule has 0 saturated heterocycles. The summed E-state index contributed by atoms with van der Waals surface area (Å²) in [6.07, 6.45) is -2.20. The second-order valence-corrected chi connectivity index (χ2v) is 2.21. The second kappa shape index (κ2) is 5.93. The van der Waals surface area contributed by atoms with Gasteiger partial charge < -0.3 is 5.32 Å². The third-order valence-corrected chi connectivity index (χ3v) is 1.35. The summed E-state index contributed by atoms with van der Waals surface area (Å²) in [5, 5.41) is 2.58. The SMILES string of the molecule is CNc1cncc(C(F)(F)F)c1.Cl.Cl. The van der Waals surface area contributed by atoms with Crippen LogP contribution >= 0.6 is 24.8 Å². The van der Waals surface area contributed by atoms with E-state index in [4.69, 9.17) is 0 Å². The maximum atomic E-state index is 12.0. The molecular formula is C7H9Cl2F3N2. The fraction of sp³-hybridized carbons (Fsp3) is 0.286. The first-order chi connectivity index (χ1) is 5.54. The first-order valence-electron chi connectivity index (χ1n) is 3.24. The van der Waals surface area contributed by atoms with Gasteiger partial charge in [-0.1, -0.05) is 0 Å². The Bertz CT molecular complexity index is 278. The number of halogens is 5. The molecule has 0 unspecified atom stereocenters. The number of hydrogen-bond acceptors (Lipinski definition) is 2. The Hall–Kier alpha value is -0.680. The van der Waals surface area contributed by atoms with Gasteiger partial charge in [0.1, 0.15) is 0 Å². The predicted octanol–water partition coefficient (Wildman–Crippen LogP) is 2.99. The molecule has 1 heterocycles. The number of aromatic nitrogens is 1. The van der Waals surface area contributed by atoms with Gasteiger partial charge in [-0.3, -0.25) is 4.98 Å². The molecule has 7 heteroatoms. The molecule has 0 radical (unpaired) electrons. The normalized spacial score (nSPS) is 9.71. The van der Waals surface area contributed by atoms with Crippen molar-refractivity contribution in [3.05, 3.63) is 24.0 Å². The molecule has 14 heavy (non-hydrogen) atoms. The Morgan fingerprint density at radius 2 is 1.79 bits per heavy atom. The van der Waals surface area contributed by atoms with Crippen LogP contribution in [0.25, 0.3) is 0 Å². The van der Waals surface area contributed by atoms with Crippen LogP contribution in [0.4, 0.5) is 18.9 Å². The van der Waals surface area contributed by atoms with Crippen molar-refractivity contribution in [2.45, 2.75) is 6.18 Å². The van der Waals surface area contributed by atoms with Crippen LogP contribution in [0.5, 0.6) is 0 Å². The number of anilines is 1. The molecule has 0 aliphatic heterocycles. The zero-order valence-corrected chi connectivity index (χ0v) is 8.76. The van der Waals surface area contributed by atoms with E-state index in [-0.39, 0.29) is 24.8 Å². The molecule has 0 bridgehead atoms. The van der Waals surface area contributed by atoms with Crippen LogP contribution < -0.4 is 5.32 Å². The van der Waals surface area contributed by atoms with Gasteiger partial charge in [-0.25, -0.2) is 0 Å². The van der Waals surface area contributed by atoms with E-state index in [1.165, 1.54) is 13.2 Å². The van der Waals surface area contributed by atoms with Gasteiger partial charge in [-0.05, 0) is 6.07 Å². The quantitative estimate of drug-likeness (QED) is 0.827. The molecule has 2 nitrogen and oxygen atoms in total. The van der Waals surface area contributed by atoms with Crippen molar-refractivity contribution in [2.24, 2.45) is 0 Å². The van der Waals surface area contributed by atoms with Gasteiger partial charge in [0.25, 0.3) is 0 Å². The van der Waals surface area contributed by atoms with Crippen molar-refractivity contribution >= 4 is 30.5 Å². The maximum absolute atomic E-state index is 12.0. The van der Waals surface area contributed by atoms with Crippen molar-refractivity contribution in [3.63, 3.8) is 0 Å². The average molecular weight is 249 g/mol. The lowest BCUT2D eigenvalue weighted by molar-refractivity contribution is -0.137. The lowest BCUT2D eigenvalue weighted by Gasteiger charge is -2.06. The minimum absolute atomic E-state index is 0. The van der Waals surface area contributed by atoms with Gasteiger partial charge in [-0.15, -0.1) is 24.8 Å². The number of pyridine rings is 1. The van der Waals surface area contributed by atoms with Crippen LogP contribution in [0.3, 0.4) is 0 Å². The van der Waals surface area contributed by atoms with Crippen LogP contribution in [-0.4, -0.2) is 12.0 Å². The molecular weight excluding hydrogens is 240 g/mol. The van der Waals surface area contributed by atoms with Gasteiger partial charge in [0.15, 0.2) is 0 Å². The molecule has 1 rings (SSSR count). The fourth-order valence-corrected chi connectivity index (χ4v) is 0.732. The summed E-state index contributed by atoms with van der Waals surface area (Å²) in [7, 11) is 1.54. The summed E-state index contributed by atoms with van der Waals surface area (Å²) < 4.78 is 36.1. The second-order valence-electron chi connectivity index (χ2n) is 2.21. The monoisotopic (exact) mass is 248 g/mol. The van der Waals surface area contributed by atoms with Gasteiger partial charge in [-0.2, -0.15) is 13.2 Å². The zero-order chi connectivity index (χ0) is 9.19. The minimum atomic E-state index is -4.32. The zero-order valence-electron chi connectivity index (χ0n) is 7.13. The van der Waals surface area contributed by atoms with Gasteiger partial charge in [0.05, 0.1) is 11.3 Å². The smallest absolute Gasteiger partial charge is 0.387 e. The van der Waals surface area contributed by atoms with Crippen molar-refractivity contribution in [2.75, 3.05) is 12.4 Å². The van der Waals surface area contributed by atoms with Crippen LogP contribution in [0, 0.1) is 0 Å². The van der Waals surface area contributed by atoms with Crippen LogP contribution in [-0.2, 0) is 6.18 Å². The summed E-state index contributed by atoms with van der Waals surface area (Å²) in [6.45, 7) is 0. The van der Waals surface area contributed by atoms with E-state index in [0.29, 0.717) is 5.69 Å². The van der Waals surface area contributed by atoms with E-state index in [9.17, 15) is 13.2 Å². The Kier molecular flexibility index (Phi) is 6.68. The van der Waals surface area contributed by atoms with E-state index in [0.717, 1.165) is 12.3 Å². The minimum Gasteiger partial charge on any atom is -0.387 e. The molecule has 0 amide bonds. The Balaban J connectivity index is 0. The van der Waals surface area contributed by atoms with Crippen LogP contribution in [0.2, 0.25) is 0 Å². The van der Waals surface area contributed by atoms with Gasteiger partial charge in [0.2, 0.25) is 0 Å². The summed E-state index contributed by atoms with van der Waals surface area (Å²) in [5.41, 5.74) is -0.390. The average Bonchev–Trinajstić information content (AvgIpc) is 2.03. The van der Waals surface area contributed by atoms with Crippen molar-refractivity contribution in [3.8, 4) is 0 Å². The Morgan fingerprint density at radius 3 is 2.21 bits per heavy atom. The highest BCUT2D eigenvalue weighted by molar-refractivity contribution is 5.85. The molecule has 0 atom stereocenters. The number of alkyl halides is 3. The lowest BCUT2D eigenvalue weighted by Crippen LogP contribution is -2.06. The van der Waals surface area contributed by atoms with Crippen molar-refractivity contribution < 1.29 is 13.2 Å². The number of nitrogens with one attached hydrogen (secondary N) is 1. The highest BCUT2D eigenvalue weighted by Gasteiger charge is 2.30.